The highest BCUT2D eigenvalue weighted by Gasteiger charge is 2.34. The zero-order chi connectivity index (χ0) is 45.0. The standard InChI is InChI=1S/C40H64N8O11/c1-10-11-12-13-14-27-15-17-28(18-16-27)36(55)47-30(21-49)38(57)44-24(5)34(53)42-20-31(51)48(9)32(26(7)50)39(58)45-25(6)35(54)46-29(19-22(2)3)37(56)43-23(4)33(52)40(59)41-8/h15-18,22-26,29-30,32,49-50H,10-14,19-21H2,1-9H3,(H,41,59)(H,42,53)(H,43,56)(H,44,57)(H,45,58)(H,46,54)(H,47,55)/t23?,24-,25+,26?,29+,30-,32?/m1/s1. The number of aryl methyl sites for hydroxylation is 1. The normalized spacial score (nSPS) is 14.5. The summed E-state index contributed by atoms with van der Waals surface area (Å²) >= 11 is 0. The van der Waals surface area contributed by atoms with Crippen LogP contribution in [-0.4, -0.2) is 138 Å². The first-order valence-corrected chi connectivity index (χ1v) is 19.9. The number of rotatable bonds is 25. The highest BCUT2D eigenvalue weighted by Crippen LogP contribution is 2.11. The minimum Gasteiger partial charge on any atom is -0.394 e. The van der Waals surface area contributed by atoms with Gasteiger partial charge >= 0.3 is 0 Å². The molecule has 9 N–H and O–H groups in total. The Hall–Kier alpha value is -5.43. The van der Waals surface area contributed by atoms with Crippen LogP contribution in [0.2, 0.25) is 0 Å². The topological polar surface area (TPSA) is 282 Å². The third-order valence-electron chi connectivity index (χ3n) is 9.34. The second-order valence-electron chi connectivity index (χ2n) is 14.9. The molecule has 19 heteroatoms. The van der Waals surface area contributed by atoms with Gasteiger partial charge in [0.2, 0.25) is 41.2 Å². The molecule has 1 aromatic rings. The molecule has 0 fully saturated rings. The van der Waals surface area contributed by atoms with Gasteiger partial charge in [-0.2, -0.15) is 0 Å². The molecule has 3 unspecified atom stereocenters. The summed E-state index contributed by atoms with van der Waals surface area (Å²) in [5.74, 6) is -7.44. The molecule has 7 atom stereocenters. The lowest BCUT2D eigenvalue weighted by molar-refractivity contribution is -0.144. The van der Waals surface area contributed by atoms with Crippen molar-refractivity contribution in [2.45, 2.75) is 129 Å². The molecule has 0 bridgehead atoms. The van der Waals surface area contributed by atoms with Crippen LogP contribution in [0.5, 0.6) is 0 Å². The van der Waals surface area contributed by atoms with E-state index in [1.165, 1.54) is 41.8 Å². The number of hydrogen-bond donors (Lipinski definition) is 9. The number of nitrogens with one attached hydrogen (secondary N) is 7. The van der Waals surface area contributed by atoms with Gasteiger partial charge in [-0.3, -0.25) is 43.2 Å². The number of carbonyl (C=O) groups excluding carboxylic acids is 9. The largest absolute Gasteiger partial charge is 0.394 e. The SMILES string of the molecule is CCCCCCc1ccc(C(=O)N[C@H](CO)C(=O)N[C@H](C)C(=O)NCC(=O)N(C)C(C(=O)N[C@@H](C)C(=O)N[C@@H](CC(C)C)C(=O)NC(C)C(=O)C(=O)NC)C(C)O)cc1. The summed E-state index contributed by atoms with van der Waals surface area (Å²) in [6.07, 6.45) is 4.00. The van der Waals surface area contributed by atoms with Crippen LogP contribution in [0, 0.1) is 5.92 Å². The van der Waals surface area contributed by atoms with Crippen molar-refractivity contribution >= 4 is 53.0 Å². The summed E-state index contributed by atoms with van der Waals surface area (Å²) in [5, 5.41) is 36.9. The number of aliphatic hydroxyl groups excluding tert-OH is 2. The molecule has 0 heterocycles. The number of benzene rings is 1. The molecule has 0 aliphatic heterocycles. The predicted octanol–water partition coefficient (Wildman–Crippen LogP) is -1.42. The fraction of sp³-hybridized carbons (Fsp3) is 0.625. The van der Waals surface area contributed by atoms with Crippen molar-refractivity contribution in [1.29, 1.82) is 0 Å². The Labute approximate surface area is 345 Å². The Bertz CT molecular complexity index is 1620. The number of aliphatic hydroxyl groups is 2. The number of hydrogen-bond acceptors (Lipinski definition) is 11. The molecular weight excluding hydrogens is 768 g/mol. The quantitative estimate of drug-likeness (QED) is 0.0408. The van der Waals surface area contributed by atoms with Crippen molar-refractivity contribution in [1.82, 2.24) is 42.1 Å². The molecule has 0 saturated heterocycles. The second kappa shape index (κ2) is 25.8. The van der Waals surface area contributed by atoms with Crippen LogP contribution >= 0.6 is 0 Å². The molecule has 0 aliphatic rings. The van der Waals surface area contributed by atoms with E-state index in [4.69, 9.17) is 0 Å². The molecule has 1 rings (SSSR count). The van der Waals surface area contributed by atoms with Crippen LogP contribution in [0.15, 0.2) is 24.3 Å². The first-order chi connectivity index (χ1) is 27.7. The number of carbonyl (C=O) groups is 9. The Morgan fingerprint density at radius 1 is 0.678 bits per heavy atom. The number of ketones is 1. The van der Waals surface area contributed by atoms with Crippen LogP contribution in [0.25, 0.3) is 0 Å². The van der Waals surface area contributed by atoms with E-state index in [1.54, 1.807) is 26.0 Å². The first-order valence-electron chi connectivity index (χ1n) is 19.9. The zero-order valence-corrected chi connectivity index (χ0v) is 35.6. The number of nitrogens with zero attached hydrogens (tertiary/aromatic N) is 1. The highest BCUT2D eigenvalue weighted by molar-refractivity contribution is 6.38. The average Bonchev–Trinajstić information content (AvgIpc) is 3.18. The minimum atomic E-state index is -1.53. The Kier molecular flexibility index (Phi) is 22.6. The highest BCUT2D eigenvalue weighted by atomic mass is 16.3. The third kappa shape index (κ3) is 17.5. The number of Topliss-reactive ketones (excluding diaryl/α,β-unsaturated/α-hetero) is 1. The summed E-state index contributed by atoms with van der Waals surface area (Å²) < 4.78 is 0. The van der Waals surface area contributed by atoms with Gasteiger partial charge in [0.15, 0.2) is 0 Å². The van der Waals surface area contributed by atoms with E-state index in [9.17, 15) is 53.4 Å². The van der Waals surface area contributed by atoms with Gasteiger partial charge in [0.25, 0.3) is 11.8 Å². The zero-order valence-electron chi connectivity index (χ0n) is 35.6. The molecular formula is C40H64N8O11. The molecule has 0 aliphatic carbocycles. The van der Waals surface area contributed by atoms with Gasteiger partial charge in [0, 0.05) is 19.7 Å². The summed E-state index contributed by atoms with van der Waals surface area (Å²) in [6, 6.07) is -0.837. The lowest BCUT2D eigenvalue weighted by atomic mass is 10.0. The van der Waals surface area contributed by atoms with E-state index in [-0.39, 0.29) is 17.9 Å². The summed E-state index contributed by atoms with van der Waals surface area (Å²) in [6.45, 7) is 9.48. The third-order valence-corrected chi connectivity index (χ3v) is 9.34. The summed E-state index contributed by atoms with van der Waals surface area (Å²) in [7, 11) is 2.46. The molecule has 0 spiro atoms. The van der Waals surface area contributed by atoms with Gasteiger partial charge in [-0.25, -0.2) is 0 Å². The number of likely N-dealkylation sites (N-methyl/N-ethyl adjacent to an activating group) is 2. The van der Waals surface area contributed by atoms with Crippen molar-refractivity contribution in [3.05, 3.63) is 35.4 Å². The maximum absolute atomic E-state index is 13.3. The van der Waals surface area contributed by atoms with Gasteiger partial charge in [0.1, 0.15) is 30.2 Å². The second-order valence-corrected chi connectivity index (χ2v) is 14.9. The predicted molar refractivity (Wildman–Crippen MR) is 217 cm³/mol. The molecule has 19 nitrogen and oxygen atoms in total. The molecule has 330 valence electrons. The Morgan fingerprint density at radius 3 is 1.78 bits per heavy atom. The van der Waals surface area contributed by atoms with Crippen LogP contribution in [-0.2, 0) is 44.8 Å². The maximum Gasteiger partial charge on any atom is 0.289 e. The van der Waals surface area contributed by atoms with E-state index in [0.29, 0.717) is 0 Å². The first kappa shape index (κ1) is 51.6. The Balaban J connectivity index is 2.80. The molecule has 59 heavy (non-hydrogen) atoms. The fourth-order valence-electron chi connectivity index (χ4n) is 5.77. The average molecular weight is 833 g/mol. The van der Waals surface area contributed by atoms with Crippen molar-refractivity contribution in [2.75, 3.05) is 27.2 Å². The van der Waals surface area contributed by atoms with Gasteiger partial charge in [-0.05, 0) is 70.6 Å². The van der Waals surface area contributed by atoms with Crippen LogP contribution < -0.4 is 37.2 Å². The minimum absolute atomic E-state index is 0.0939. The molecule has 0 aromatic heterocycles. The molecule has 8 amide bonds. The lowest BCUT2D eigenvalue weighted by Crippen LogP contribution is -2.60. The van der Waals surface area contributed by atoms with Crippen molar-refractivity contribution in [3.8, 4) is 0 Å². The summed E-state index contributed by atoms with van der Waals surface area (Å²) in [4.78, 5) is 116. The number of amides is 8. The van der Waals surface area contributed by atoms with Crippen LogP contribution in [0.3, 0.4) is 0 Å². The number of unbranched alkanes of at least 4 members (excludes halogenated alkanes) is 3. The lowest BCUT2D eigenvalue weighted by Gasteiger charge is -2.31. The van der Waals surface area contributed by atoms with E-state index in [1.807, 2.05) is 12.1 Å². The van der Waals surface area contributed by atoms with Gasteiger partial charge in [0.05, 0.1) is 25.3 Å². The summed E-state index contributed by atoms with van der Waals surface area (Å²) in [5.41, 5.74) is 1.35. The smallest absolute Gasteiger partial charge is 0.289 e. The monoisotopic (exact) mass is 832 g/mol. The Morgan fingerprint density at radius 2 is 1.24 bits per heavy atom. The van der Waals surface area contributed by atoms with Crippen molar-refractivity contribution in [3.63, 3.8) is 0 Å². The maximum atomic E-state index is 13.3. The fourth-order valence-corrected chi connectivity index (χ4v) is 5.77. The van der Waals surface area contributed by atoms with E-state index in [0.717, 1.165) is 42.6 Å². The van der Waals surface area contributed by atoms with Crippen LogP contribution in [0.4, 0.5) is 0 Å². The van der Waals surface area contributed by atoms with Crippen LogP contribution in [0.1, 0.15) is 96.5 Å². The van der Waals surface area contributed by atoms with Gasteiger partial charge in [-0.15, -0.1) is 0 Å². The van der Waals surface area contributed by atoms with Crippen molar-refractivity contribution < 1.29 is 53.4 Å². The van der Waals surface area contributed by atoms with E-state index >= 15 is 0 Å². The van der Waals surface area contributed by atoms with Crippen molar-refractivity contribution in [2.24, 2.45) is 5.92 Å². The van der Waals surface area contributed by atoms with Gasteiger partial charge < -0.3 is 52.3 Å². The molecule has 0 saturated carbocycles. The van der Waals surface area contributed by atoms with Gasteiger partial charge in [-0.1, -0.05) is 52.2 Å². The van der Waals surface area contributed by atoms with E-state index < -0.39 is 109 Å². The molecule has 1 aromatic carbocycles. The van der Waals surface area contributed by atoms with E-state index in [2.05, 4.69) is 44.1 Å². The molecule has 0 radical (unpaired) electrons.